The molecule has 5 nitrogen and oxygen atoms in total. The van der Waals surface area contributed by atoms with Gasteiger partial charge in [0, 0.05) is 19.2 Å². The molecule has 0 saturated heterocycles. The summed E-state index contributed by atoms with van der Waals surface area (Å²) in [7, 11) is 0. The van der Waals surface area contributed by atoms with Gasteiger partial charge in [0.15, 0.2) is 0 Å². The quantitative estimate of drug-likeness (QED) is 0.735. The Labute approximate surface area is 114 Å². The molecule has 1 fully saturated rings. The van der Waals surface area contributed by atoms with Crippen molar-refractivity contribution in [1.82, 2.24) is 9.97 Å². The van der Waals surface area contributed by atoms with Gasteiger partial charge in [-0.15, -0.1) is 0 Å². The van der Waals surface area contributed by atoms with Crippen LogP contribution in [-0.2, 0) is 0 Å². The summed E-state index contributed by atoms with van der Waals surface area (Å²) in [6.45, 7) is 3.92. The Morgan fingerprint density at radius 3 is 2.79 bits per heavy atom. The lowest BCUT2D eigenvalue weighted by Gasteiger charge is -2.26. The van der Waals surface area contributed by atoms with Gasteiger partial charge >= 0.3 is 0 Å². The van der Waals surface area contributed by atoms with E-state index < -0.39 is 0 Å². The maximum Gasteiger partial charge on any atom is 0.131 e. The molecule has 1 saturated carbocycles. The number of nitrogens with zero attached hydrogens (tertiary/aromatic N) is 2. The zero-order valence-corrected chi connectivity index (χ0v) is 11.6. The van der Waals surface area contributed by atoms with E-state index in [4.69, 9.17) is 0 Å². The maximum absolute atomic E-state index is 9.65. The molecule has 106 valence electrons. The van der Waals surface area contributed by atoms with Gasteiger partial charge in [0.1, 0.15) is 18.0 Å². The Balaban J connectivity index is 1.81. The molecule has 5 heteroatoms. The largest absolute Gasteiger partial charge is 0.393 e. The first-order chi connectivity index (χ1) is 9.28. The third-order valence-corrected chi connectivity index (χ3v) is 3.55. The second-order valence-corrected chi connectivity index (χ2v) is 5.28. The monoisotopic (exact) mass is 264 g/mol. The topological polar surface area (TPSA) is 70.1 Å². The van der Waals surface area contributed by atoms with E-state index in [-0.39, 0.29) is 6.10 Å². The van der Waals surface area contributed by atoms with Crippen LogP contribution in [-0.4, -0.2) is 34.3 Å². The normalized spacial score (nSPS) is 23.1. The van der Waals surface area contributed by atoms with Gasteiger partial charge in [-0.05, 0) is 31.6 Å². The number of aromatic nitrogens is 2. The highest BCUT2D eigenvalue weighted by Crippen LogP contribution is 2.24. The summed E-state index contributed by atoms with van der Waals surface area (Å²) in [5, 5.41) is 16.3. The van der Waals surface area contributed by atoms with Gasteiger partial charge in [-0.3, -0.25) is 0 Å². The number of rotatable bonds is 6. The number of anilines is 2. The average Bonchev–Trinajstić information content (AvgIpc) is 2.43. The van der Waals surface area contributed by atoms with Gasteiger partial charge < -0.3 is 15.7 Å². The van der Waals surface area contributed by atoms with Crippen LogP contribution in [0, 0.1) is 5.92 Å². The predicted molar refractivity (Wildman–Crippen MR) is 77.3 cm³/mol. The summed E-state index contributed by atoms with van der Waals surface area (Å²) in [5.41, 5.74) is 0. The van der Waals surface area contributed by atoms with Crippen molar-refractivity contribution in [2.45, 2.75) is 45.1 Å². The van der Waals surface area contributed by atoms with Crippen LogP contribution in [0.15, 0.2) is 12.4 Å². The van der Waals surface area contributed by atoms with Crippen LogP contribution in [0.1, 0.15) is 39.0 Å². The first-order valence-electron chi connectivity index (χ1n) is 7.25. The van der Waals surface area contributed by atoms with Crippen molar-refractivity contribution in [3.8, 4) is 0 Å². The Bertz CT molecular complexity index is 385. The fourth-order valence-corrected chi connectivity index (χ4v) is 2.50. The van der Waals surface area contributed by atoms with Crippen LogP contribution in [0.3, 0.4) is 0 Å². The molecule has 1 aromatic heterocycles. The van der Waals surface area contributed by atoms with Gasteiger partial charge in [0.05, 0.1) is 6.10 Å². The molecule has 0 aromatic carbocycles. The number of hydrogen-bond acceptors (Lipinski definition) is 5. The Hall–Kier alpha value is -1.36. The van der Waals surface area contributed by atoms with E-state index in [9.17, 15) is 5.11 Å². The van der Waals surface area contributed by atoms with Gasteiger partial charge in [0.2, 0.25) is 0 Å². The zero-order valence-electron chi connectivity index (χ0n) is 11.6. The molecule has 2 unspecified atom stereocenters. The molecular formula is C14H24N4O. The predicted octanol–water partition coefficient (Wildman–Crippen LogP) is 2.26. The molecule has 3 N–H and O–H groups in total. The maximum atomic E-state index is 9.65. The van der Waals surface area contributed by atoms with Crippen LogP contribution in [0.25, 0.3) is 0 Å². The third kappa shape index (κ3) is 4.67. The third-order valence-electron chi connectivity index (χ3n) is 3.55. The molecule has 1 aliphatic carbocycles. The minimum absolute atomic E-state index is 0.118. The first-order valence-corrected chi connectivity index (χ1v) is 7.25. The van der Waals surface area contributed by atoms with Gasteiger partial charge in [0.25, 0.3) is 0 Å². The van der Waals surface area contributed by atoms with Crippen molar-refractivity contribution < 1.29 is 5.11 Å². The lowest BCUT2D eigenvalue weighted by atomic mass is 9.87. The highest BCUT2D eigenvalue weighted by Gasteiger charge is 2.19. The van der Waals surface area contributed by atoms with Crippen LogP contribution in [0.4, 0.5) is 11.6 Å². The first kappa shape index (κ1) is 14.1. The number of aliphatic hydroxyl groups excluding tert-OH is 1. The SMILES string of the molecule is CCCNc1cc(NCC2CCCC(O)C2)ncn1. The van der Waals surface area contributed by atoms with E-state index in [0.717, 1.165) is 50.4 Å². The second-order valence-electron chi connectivity index (χ2n) is 5.28. The smallest absolute Gasteiger partial charge is 0.131 e. The van der Waals surface area contributed by atoms with Crippen LogP contribution >= 0.6 is 0 Å². The molecule has 1 aromatic rings. The molecule has 1 aliphatic rings. The Morgan fingerprint density at radius 1 is 1.26 bits per heavy atom. The van der Waals surface area contributed by atoms with E-state index in [1.54, 1.807) is 6.33 Å². The van der Waals surface area contributed by atoms with Crippen molar-refractivity contribution >= 4 is 11.6 Å². The number of hydrogen-bond donors (Lipinski definition) is 3. The Morgan fingerprint density at radius 2 is 2.05 bits per heavy atom. The van der Waals surface area contributed by atoms with E-state index in [1.807, 2.05) is 6.07 Å². The van der Waals surface area contributed by atoms with Crippen LogP contribution in [0.5, 0.6) is 0 Å². The standard InChI is InChI=1S/C14H24N4O/c1-2-6-15-13-8-14(18-10-17-13)16-9-11-4-3-5-12(19)7-11/h8,10-12,19H,2-7,9H2,1H3,(H2,15,16,17,18). The molecule has 19 heavy (non-hydrogen) atoms. The van der Waals surface area contributed by atoms with Crippen molar-refractivity contribution in [2.24, 2.45) is 5.92 Å². The minimum atomic E-state index is -0.118. The zero-order chi connectivity index (χ0) is 13.5. The fraction of sp³-hybridized carbons (Fsp3) is 0.714. The molecular weight excluding hydrogens is 240 g/mol. The lowest BCUT2D eigenvalue weighted by molar-refractivity contribution is 0.104. The Kier molecular flexibility index (Phi) is 5.39. The number of nitrogens with one attached hydrogen (secondary N) is 2. The summed E-state index contributed by atoms with van der Waals surface area (Å²) >= 11 is 0. The van der Waals surface area contributed by atoms with Crippen LogP contribution in [0.2, 0.25) is 0 Å². The van der Waals surface area contributed by atoms with E-state index in [2.05, 4.69) is 27.5 Å². The van der Waals surface area contributed by atoms with Crippen LogP contribution < -0.4 is 10.6 Å². The van der Waals surface area contributed by atoms with Crippen molar-refractivity contribution in [3.05, 3.63) is 12.4 Å². The van der Waals surface area contributed by atoms with Gasteiger partial charge in [-0.1, -0.05) is 13.3 Å². The molecule has 0 spiro atoms. The second kappa shape index (κ2) is 7.28. The van der Waals surface area contributed by atoms with Crippen molar-refractivity contribution in [1.29, 1.82) is 0 Å². The highest BCUT2D eigenvalue weighted by molar-refractivity contribution is 5.46. The van der Waals surface area contributed by atoms with Crippen molar-refractivity contribution in [3.63, 3.8) is 0 Å². The van der Waals surface area contributed by atoms with E-state index in [1.165, 1.54) is 6.42 Å². The highest BCUT2D eigenvalue weighted by atomic mass is 16.3. The molecule has 0 radical (unpaired) electrons. The molecule has 2 rings (SSSR count). The molecule has 2 atom stereocenters. The molecule has 0 aliphatic heterocycles. The van der Waals surface area contributed by atoms with Gasteiger partial charge in [-0.25, -0.2) is 9.97 Å². The number of aliphatic hydroxyl groups is 1. The molecule has 0 amide bonds. The summed E-state index contributed by atoms with van der Waals surface area (Å²) in [6.07, 6.45) is 6.71. The minimum Gasteiger partial charge on any atom is -0.393 e. The van der Waals surface area contributed by atoms with E-state index in [0.29, 0.717) is 5.92 Å². The summed E-state index contributed by atoms with van der Waals surface area (Å²) < 4.78 is 0. The van der Waals surface area contributed by atoms with Gasteiger partial charge in [-0.2, -0.15) is 0 Å². The molecule has 1 heterocycles. The summed E-state index contributed by atoms with van der Waals surface area (Å²) in [6, 6.07) is 1.94. The fourth-order valence-electron chi connectivity index (χ4n) is 2.50. The lowest BCUT2D eigenvalue weighted by Crippen LogP contribution is -2.25. The summed E-state index contributed by atoms with van der Waals surface area (Å²) in [5.74, 6) is 2.27. The molecule has 0 bridgehead atoms. The summed E-state index contributed by atoms with van der Waals surface area (Å²) in [4.78, 5) is 8.41. The van der Waals surface area contributed by atoms with E-state index >= 15 is 0 Å². The van der Waals surface area contributed by atoms with Crippen molar-refractivity contribution in [2.75, 3.05) is 23.7 Å². The average molecular weight is 264 g/mol.